The zero-order valence-electron chi connectivity index (χ0n) is 15.0. The highest BCUT2D eigenvalue weighted by atomic mass is 19.1. The van der Waals surface area contributed by atoms with Gasteiger partial charge in [-0.1, -0.05) is 0 Å². The van der Waals surface area contributed by atoms with E-state index >= 15 is 0 Å². The molecule has 0 aliphatic heterocycles. The van der Waals surface area contributed by atoms with E-state index in [0.29, 0.717) is 0 Å². The highest BCUT2D eigenvalue weighted by molar-refractivity contribution is 5.98. The molecule has 11 heteroatoms. The van der Waals surface area contributed by atoms with Crippen molar-refractivity contribution in [3.8, 4) is 0 Å². The summed E-state index contributed by atoms with van der Waals surface area (Å²) in [7, 11) is 0. The fourth-order valence-corrected chi connectivity index (χ4v) is 2.29. The maximum atomic E-state index is 13.8. The monoisotopic (exact) mass is 405 g/mol. The van der Waals surface area contributed by atoms with Gasteiger partial charge in [-0.05, 0) is 13.8 Å². The third kappa shape index (κ3) is 5.96. The number of carboxylic acids is 1. The van der Waals surface area contributed by atoms with Crippen molar-refractivity contribution in [2.75, 3.05) is 13.2 Å². The van der Waals surface area contributed by atoms with Crippen molar-refractivity contribution in [1.82, 2.24) is 5.32 Å². The van der Waals surface area contributed by atoms with Gasteiger partial charge in [-0.2, -0.15) is 0 Å². The second-order valence-corrected chi connectivity index (χ2v) is 5.40. The SMILES string of the molecule is CCOC(=O)C[C@@H](C(=O)OCC)[C@@H](NC(=O)c1c(F)cc(F)cc1F)C(=O)O. The zero-order valence-corrected chi connectivity index (χ0v) is 15.0. The van der Waals surface area contributed by atoms with Gasteiger partial charge >= 0.3 is 17.9 Å². The molecule has 28 heavy (non-hydrogen) atoms. The van der Waals surface area contributed by atoms with Gasteiger partial charge in [-0.15, -0.1) is 0 Å². The second-order valence-electron chi connectivity index (χ2n) is 5.40. The molecule has 2 N–H and O–H groups in total. The van der Waals surface area contributed by atoms with Gasteiger partial charge in [0.05, 0.1) is 25.6 Å². The van der Waals surface area contributed by atoms with Crippen LogP contribution >= 0.6 is 0 Å². The normalized spacial score (nSPS) is 12.6. The number of carboxylic acid groups (broad SMARTS) is 1. The van der Waals surface area contributed by atoms with Crippen molar-refractivity contribution in [1.29, 1.82) is 0 Å². The van der Waals surface area contributed by atoms with E-state index in [1.165, 1.54) is 13.8 Å². The standard InChI is InChI=1S/C17H18F3NO7/c1-3-27-12(22)7-9(17(26)28-4-2)14(16(24)25)21-15(23)13-10(19)5-8(18)6-11(13)20/h5-6,9,14H,3-4,7H2,1-2H3,(H,21,23)(H,24,25)/t9-,14-/m1/s1. The van der Waals surface area contributed by atoms with Crippen molar-refractivity contribution in [3.05, 3.63) is 35.1 Å². The number of halogens is 3. The summed E-state index contributed by atoms with van der Waals surface area (Å²) in [5, 5.41) is 11.1. The minimum absolute atomic E-state index is 0.0511. The summed E-state index contributed by atoms with van der Waals surface area (Å²) >= 11 is 0. The lowest BCUT2D eigenvalue weighted by atomic mass is 9.95. The summed E-state index contributed by atoms with van der Waals surface area (Å²) in [6.45, 7) is 2.70. The zero-order chi connectivity index (χ0) is 21.4. The molecule has 0 heterocycles. The van der Waals surface area contributed by atoms with Crippen molar-refractivity contribution in [2.24, 2.45) is 5.92 Å². The van der Waals surface area contributed by atoms with E-state index in [-0.39, 0.29) is 25.3 Å². The minimum Gasteiger partial charge on any atom is -0.480 e. The summed E-state index contributed by atoms with van der Waals surface area (Å²) in [4.78, 5) is 47.5. The number of carbonyl (C=O) groups is 4. The number of nitrogens with one attached hydrogen (secondary N) is 1. The van der Waals surface area contributed by atoms with E-state index in [2.05, 4.69) is 4.74 Å². The van der Waals surface area contributed by atoms with Crippen LogP contribution in [0.15, 0.2) is 12.1 Å². The van der Waals surface area contributed by atoms with Crippen LogP contribution in [0.1, 0.15) is 30.6 Å². The Morgan fingerprint density at radius 2 is 1.57 bits per heavy atom. The van der Waals surface area contributed by atoms with Gasteiger partial charge in [0.15, 0.2) is 0 Å². The van der Waals surface area contributed by atoms with Crippen LogP contribution in [0.2, 0.25) is 0 Å². The lowest BCUT2D eigenvalue weighted by Crippen LogP contribution is -2.50. The maximum absolute atomic E-state index is 13.8. The molecular weight excluding hydrogens is 387 g/mol. The van der Waals surface area contributed by atoms with Gasteiger partial charge in [0.2, 0.25) is 0 Å². The van der Waals surface area contributed by atoms with Crippen molar-refractivity contribution in [2.45, 2.75) is 26.3 Å². The van der Waals surface area contributed by atoms with Gasteiger partial charge in [-0.3, -0.25) is 14.4 Å². The molecule has 0 radical (unpaired) electrons. The molecule has 0 spiro atoms. The molecule has 2 atom stereocenters. The lowest BCUT2D eigenvalue weighted by molar-refractivity contribution is -0.159. The topological polar surface area (TPSA) is 119 Å². The molecule has 154 valence electrons. The van der Waals surface area contributed by atoms with E-state index < -0.39 is 65.2 Å². The third-order valence-corrected chi connectivity index (χ3v) is 3.47. The summed E-state index contributed by atoms with van der Waals surface area (Å²) in [5.41, 5.74) is -1.24. The van der Waals surface area contributed by atoms with Crippen LogP contribution in [0.25, 0.3) is 0 Å². The van der Waals surface area contributed by atoms with Crippen LogP contribution in [0.5, 0.6) is 0 Å². The van der Waals surface area contributed by atoms with E-state index in [0.717, 1.165) is 0 Å². The van der Waals surface area contributed by atoms with Crippen LogP contribution < -0.4 is 5.32 Å². The summed E-state index contributed by atoms with van der Waals surface area (Å²) in [6, 6.07) is -1.61. The number of aliphatic carboxylic acids is 1. The van der Waals surface area contributed by atoms with E-state index in [4.69, 9.17) is 4.74 Å². The lowest BCUT2D eigenvalue weighted by Gasteiger charge is -2.23. The Morgan fingerprint density at radius 1 is 1.04 bits per heavy atom. The number of hydrogen-bond acceptors (Lipinski definition) is 6. The molecule has 0 bridgehead atoms. The smallest absolute Gasteiger partial charge is 0.327 e. The fourth-order valence-electron chi connectivity index (χ4n) is 2.29. The predicted molar refractivity (Wildman–Crippen MR) is 86.6 cm³/mol. The molecule has 0 aliphatic carbocycles. The number of hydrogen-bond donors (Lipinski definition) is 2. The van der Waals surface area contributed by atoms with Crippen LogP contribution in [0.3, 0.4) is 0 Å². The summed E-state index contributed by atoms with van der Waals surface area (Å²) in [6.07, 6.45) is -0.766. The number of esters is 2. The molecule has 0 saturated heterocycles. The number of amides is 1. The van der Waals surface area contributed by atoms with Crippen molar-refractivity contribution < 1.29 is 46.9 Å². The molecule has 1 aromatic rings. The Labute approximate surface area is 157 Å². The third-order valence-electron chi connectivity index (χ3n) is 3.47. The second kappa shape index (κ2) is 10.3. The van der Waals surface area contributed by atoms with Crippen molar-refractivity contribution >= 4 is 23.8 Å². The molecule has 1 amide bonds. The Kier molecular flexibility index (Phi) is 8.42. The Morgan fingerprint density at radius 3 is 2.04 bits per heavy atom. The highest BCUT2D eigenvalue weighted by Gasteiger charge is 2.39. The number of benzene rings is 1. The predicted octanol–water partition coefficient (Wildman–Crippen LogP) is 1.42. The number of ether oxygens (including phenoxy) is 2. The molecular formula is C17H18F3NO7. The first-order valence-corrected chi connectivity index (χ1v) is 8.12. The van der Waals surface area contributed by atoms with Crippen LogP contribution in [0.4, 0.5) is 13.2 Å². The maximum Gasteiger partial charge on any atom is 0.327 e. The minimum atomic E-state index is -2.07. The Bertz CT molecular complexity index is 746. The van der Waals surface area contributed by atoms with Gasteiger partial charge < -0.3 is 19.9 Å². The Balaban J connectivity index is 3.20. The Hall–Kier alpha value is -3.11. The quantitative estimate of drug-likeness (QED) is 0.597. The van der Waals surface area contributed by atoms with Crippen LogP contribution in [0, 0.1) is 23.4 Å². The molecule has 1 rings (SSSR count). The van der Waals surface area contributed by atoms with E-state index in [1.54, 1.807) is 5.32 Å². The van der Waals surface area contributed by atoms with Gasteiger partial charge in [0.25, 0.3) is 5.91 Å². The van der Waals surface area contributed by atoms with Crippen LogP contribution in [-0.4, -0.2) is 48.2 Å². The number of rotatable bonds is 9. The largest absolute Gasteiger partial charge is 0.480 e. The molecule has 0 saturated carbocycles. The molecule has 0 fully saturated rings. The summed E-state index contributed by atoms with van der Waals surface area (Å²) < 4.78 is 49.8. The van der Waals surface area contributed by atoms with Gasteiger partial charge in [-0.25, -0.2) is 18.0 Å². The first-order chi connectivity index (χ1) is 13.1. The van der Waals surface area contributed by atoms with Gasteiger partial charge in [0.1, 0.15) is 29.1 Å². The van der Waals surface area contributed by atoms with Crippen LogP contribution in [-0.2, 0) is 23.9 Å². The van der Waals surface area contributed by atoms with Gasteiger partial charge in [0, 0.05) is 12.1 Å². The molecule has 0 aliphatic rings. The summed E-state index contributed by atoms with van der Waals surface area (Å²) in [5.74, 6) is -11.6. The highest BCUT2D eigenvalue weighted by Crippen LogP contribution is 2.18. The average molecular weight is 405 g/mol. The molecule has 8 nitrogen and oxygen atoms in total. The molecule has 0 unspecified atom stereocenters. The van der Waals surface area contributed by atoms with E-state index in [1.807, 2.05) is 0 Å². The van der Waals surface area contributed by atoms with E-state index in [9.17, 15) is 37.5 Å². The fraction of sp³-hybridized carbons (Fsp3) is 0.412. The first-order valence-electron chi connectivity index (χ1n) is 8.12. The van der Waals surface area contributed by atoms with Crippen molar-refractivity contribution in [3.63, 3.8) is 0 Å². The first kappa shape index (κ1) is 22.9. The molecule has 1 aromatic carbocycles. The average Bonchev–Trinajstić information content (AvgIpc) is 2.57. The molecule has 0 aromatic heterocycles. The number of carbonyl (C=O) groups excluding carboxylic acids is 3.